The van der Waals surface area contributed by atoms with Gasteiger partial charge in [0, 0.05) is 17.3 Å². The van der Waals surface area contributed by atoms with E-state index in [9.17, 15) is 4.79 Å². The van der Waals surface area contributed by atoms with Crippen molar-refractivity contribution in [3.8, 4) is 17.4 Å². The summed E-state index contributed by atoms with van der Waals surface area (Å²) in [6.07, 6.45) is 2.68. The van der Waals surface area contributed by atoms with Crippen LogP contribution in [0.1, 0.15) is 23.0 Å². The van der Waals surface area contributed by atoms with Crippen LogP contribution >= 0.6 is 11.8 Å². The number of aryl methyl sites for hydroxylation is 1. The number of aromatic nitrogens is 2. The van der Waals surface area contributed by atoms with Crippen molar-refractivity contribution in [1.29, 1.82) is 0 Å². The second-order valence-corrected chi connectivity index (χ2v) is 4.97. The molecular weight excluding hydrogens is 288 g/mol. The van der Waals surface area contributed by atoms with E-state index < -0.39 is 0 Å². The van der Waals surface area contributed by atoms with Crippen LogP contribution in [0.5, 0.6) is 17.4 Å². The number of thioether (sulfide) groups is 1. The molecule has 0 N–H and O–H groups in total. The number of carbonyl (C=O) groups is 1. The van der Waals surface area contributed by atoms with Crippen LogP contribution in [0, 0.1) is 6.92 Å². The van der Waals surface area contributed by atoms with E-state index in [0.29, 0.717) is 34.7 Å². The highest BCUT2D eigenvalue weighted by Crippen LogP contribution is 2.32. The lowest BCUT2D eigenvalue weighted by molar-refractivity contribution is 0.112. The first-order valence-corrected chi connectivity index (χ1v) is 7.68. The molecule has 1 heterocycles. The first-order valence-electron chi connectivity index (χ1n) is 6.45. The minimum Gasteiger partial charge on any atom is -0.490 e. The van der Waals surface area contributed by atoms with Gasteiger partial charge in [-0.15, -0.1) is 0 Å². The number of rotatable bonds is 6. The zero-order chi connectivity index (χ0) is 15.2. The van der Waals surface area contributed by atoms with Crippen molar-refractivity contribution in [2.45, 2.75) is 19.0 Å². The zero-order valence-electron chi connectivity index (χ0n) is 12.1. The van der Waals surface area contributed by atoms with Gasteiger partial charge in [-0.1, -0.05) is 11.8 Å². The summed E-state index contributed by atoms with van der Waals surface area (Å²) in [6.45, 7) is 4.24. The number of aldehydes is 1. The molecule has 0 saturated carbocycles. The Bertz CT molecular complexity index is 647. The molecule has 5 nitrogen and oxygen atoms in total. The maximum Gasteiger partial charge on any atom is 0.223 e. The second-order valence-electron chi connectivity index (χ2n) is 4.19. The lowest BCUT2D eigenvalue weighted by atomic mass is 10.2. The number of hydrogen-bond donors (Lipinski definition) is 0. The van der Waals surface area contributed by atoms with Gasteiger partial charge in [-0.2, -0.15) is 4.98 Å². The Kier molecular flexibility index (Phi) is 5.16. The third-order valence-corrected chi connectivity index (χ3v) is 3.16. The molecule has 0 aliphatic heterocycles. The Hall–Kier alpha value is -2.08. The van der Waals surface area contributed by atoms with Gasteiger partial charge in [0.2, 0.25) is 5.88 Å². The fraction of sp³-hybridized carbons (Fsp3) is 0.267. The van der Waals surface area contributed by atoms with Crippen LogP contribution < -0.4 is 9.47 Å². The molecule has 0 unspecified atom stereocenters. The predicted molar refractivity (Wildman–Crippen MR) is 81.6 cm³/mol. The van der Waals surface area contributed by atoms with E-state index >= 15 is 0 Å². The van der Waals surface area contributed by atoms with Crippen molar-refractivity contribution in [3.05, 3.63) is 35.5 Å². The summed E-state index contributed by atoms with van der Waals surface area (Å²) < 4.78 is 11.3. The van der Waals surface area contributed by atoms with Crippen molar-refractivity contribution in [1.82, 2.24) is 9.97 Å². The number of nitrogens with zero attached hydrogens (tertiary/aromatic N) is 2. The Morgan fingerprint density at radius 3 is 2.71 bits per heavy atom. The summed E-state index contributed by atoms with van der Waals surface area (Å²) in [7, 11) is 0. The van der Waals surface area contributed by atoms with Gasteiger partial charge in [0.1, 0.15) is 6.29 Å². The number of carbonyl (C=O) groups excluding carboxylic acids is 1. The van der Waals surface area contributed by atoms with E-state index in [2.05, 4.69) is 9.97 Å². The molecule has 1 aromatic heterocycles. The summed E-state index contributed by atoms with van der Waals surface area (Å²) in [6, 6.07) is 6.78. The quantitative estimate of drug-likeness (QED) is 0.462. The Balaban J connectivity index is 2.34. The molecule has 110 valence electrons. The summed E-state index contributed by atoms with van der Waals surface area (Å²) >= 11 is 1.45. The molecule has 0 atom stereocenters. The number of benzene rings is 1. The Morgan fingerprint density at radius 1 is 1.24 bits per heavy atom. The van der Waals surface area contributed by atoms with Gasteiger partial charge in [0.15, 0.2) is 16.7 Å². The fourth-order valence-corrected chi connectivity index (χ4v) is 2.14. The number of ether oxygens (including phenoxy) is 2. The van der Waals surface area contributed by atoms with Crippen molar-refractivity contribution < 1.29 is 14.3 Å². The molecule has 0 fully saturated rings. The molecule has 0 aliphatic rings. The standard InChI is InChI=1S/C15H16N2O3S/c1-4-19-13-8-11(9-18)5-6-12(13)20-14-7-10(2)16-15(17-14)21-3/h5-9H,4H2,1-3H3. The molecular formula is C15H16N2O3S. The molecule has 6 heteroatoms. The number of hydrogen-bond acceptors (Lipinski definition) is 6. The first kappa shape index (κ1) is 15.3. The summed E-state index contributed by atoms with van der Waals surface area (Å²) in [5.74, 6) is 1.49. The van der Waals surface area contributed by atoms with Crippen LogP contribution in [-0.2, 0) is 0 Å². The molecule has 0 aliphatic carbocycles. The zero-order valence-corrected chi connectivity index (χ0v) is 12.9. The van der Waals surface area contributed by atoms with Gasteiger partial charge in [-0.25, -0.2) is 4.98 Å². The molecule has 0 bridgehead atoms. The van der Waals surface area contributed by atoms with E-state index in [1.165, 1.54) is 11.8 Å². The SMILES string of the molecule is CCOc1cc(C=O)ccc1Oc1cc(C)nc(SC)n1. The van der Waals surface area contributed by atoms with Crippen molar-refractivity contribution in [3.63, 3.8) is 0 Å². The third-order valence-electron chi connectivity index (χ3n) is 2.61. The molecule has 0 amide bonds. The van der Waals surface area contributed by atoms with E-state index in [-0.39, 0.29) is 0 Å². The minimum atomic E-state index is 0.451. The van der Waals surface area contributed by atoms with Crippen molar-refractivity contribution in [2.24, 2.45) is 0 Å². The monoisotopic (exact) mass is 304 g/mol. The van der Waals surface area contributed by atoms with Gasteiger partial charge in [0.05, 0.1) is 6.61 Å². The molecule has 0 saturated heterocycles. The van der Waals surface area contributed by atoms with Crippen LogP contribution in [0.25, 0.3) is 0 Å². The largest absolute Gasteiger partial charge is 0.490 e. The second kappa shape index (κ2) is 7.08. The van der Waals surface area contributed by atoms with Crippen LogP contribution in [0.2, 0.25) is 0 Å². The van der Waals surface area contributed by atoms with E-state index in [4.69, 9.17) is 9.47 Å². The lowest BCUT2D eigenvalue weighted by Crippen LogP contribution is -1.98. The Labute approximate surface area is 127 Å². The van der Waals surface area contributed by atoms with Crippen LogP contribution in [0.3, 0.4) is 0 Å². The summed E-state index contributed by atoms with van der Waals surface area (Å²) in [5, 5.41) is 0.646. The Morgan fingerprint density at radius 2 is 2.05 bits per heavy atom. The maximum atomic E-state index is 10.8. The van der Waals surface area contributed by atoms with Crippen molar-refractivity contribution in [2.75, 3.05) is 12.9 Å². The molecule has 2 aromatic rings. The van der Waals surface area contributed by atoms with Crippen LogP contribution in [0.4, 0.5) is 0 Å². The van der Waals surface area contributed by atoms with Gasteiger partial charge in [-0.3, -0.25) is 4.79 Å². The van der Waals surface area contributed by atoms with Gasteiger partial charge in [-0.05, 0) is 38.3 Å². The molecule has 0 radical (unpaired) electrons. The van der Waals surface area contributed by atoms with Gasteiger partial charge in [0.25, 0.3) is 0 Å². The van der Waals surface area contributed by atoms with Gasteiger partial charge < -0.3 is 9.47 Å². The van der Waals surface area contributed by atoms with Crippen molar-refractivity contribution >= 4 is 18.0 Å². The lowest BCUT2D eigenvalue weighted by Gasteiger charge is -2.12. The van der Waals surface area contributed by atoms with Gasteiger partial charge >= 0.3 is 0 Å². The summed E-state index contributed by atoms with van der Waals surface area (Å²) in [5.41, 5.74) is 1.36. The maximum absolute atomic E-state index is 10.8. The average molecular weight is 304 g/mol. The molecule has 1 aromatic carbocycles. The van der Waals surface area contributed by atoms with E-state index in [1.54, 1.807) is 24.3 Å². The minimum absolute atomic E-state index is 0.451. The highest BCUT2D eigenvalue weighted by Gasteiger charge is 2.10. The highest BCUT2D eigenvalue weighted by molar-refractivity contribution is 7.98. The topological polar surface area (TPSA) is 61.3 Å². The molecule has 2 rings (SSSR count). The fourth-order valence-electron chi connectivity index (χ4n) is 1.72. The van der Waals surface area contributed by atoms with E-state index in [1.807, 2.05) is 20.1 Å². The first-order chi connectivity index (χ1) is 10.2. The van der Waals surface area contributed by atoms with Crippen LogP contribution in [-0.4, -0.2) is 29.1 Å². The van der Waals surface area contributed by atoms with Crippen LogP contribution in [0.15, 0.2) is 29.4 Å². The average Bonchev–Trinajstić information content (AvgIpc) is 2.48. The highest BCUT2D eigenvalue weighted by atomic mass is 32.2. The molecule has 0 spiro atoms. The smallest absolute Gasteiger partial charge is 0.223 e. The van der Waals surface area contributed by atoms with E-state index in [0.717, 1.165) is 12.0 Å². The summed E-state index contributed by atoms with van der Waals surface area (Å²) in [4.78, 5) is 19.4. The molecule has 21 heavy (non-hydrogen) atoms. The third kappa shape index (κ3) is 3.95. The normalized spacial score (nSPS) is 10.2. The predicted octanol–water partition coefficient (Wildman–Crippen LogP) is 3.51.